The minimum Gasteiger partial charge on any atom is -0.486 e. The van der Waals surface area contributed by atoms with Crippen LogP contribution in [0, 0.1) is 0 Å². The van der Waals surface area contributed by atoms with Crippen molar-refractivity contribution in [1.29, 1.82) is 0 Å². The molecule has 1 N–H and O–H groups in total. The number of nitrogens with one attached hydrogen (secondary N) is 1. The number of hydrogen-bond donors (Lipinski definition) is 1. The van der Waals surface area contributed by atoms with E-state index >= 15 is 0 Å². The van der Waals surface area contributed by atoms with Crippen LogP contribution in [0.25, 0.3) is 10.8 Å². The van der Waals surface area contributed by atoms with Crippen molar-refractivity contribution in [2.75, 3.05) is 18.5 Å². The van der Waals surface area contributed by atoms with Crippen LogP contribution in [0.4, 0.5) is 5.69 Å². The summed E-state index contributed by atoms with van der Waals surface area (Å²) in [4.78, 5) is 12.4. The van der Waals surface area contributed by atoms with Gasteiger partial charge in [0.2, 0.25) is 5.91 Å². The molecule has 0 unspecified atom stereocenters. The Balaban J connectivity index is 1.52. The molecule has 4 heteroatoms. The molecule has 1 aliphatic rings. The first-order chi connectivity index (χ1) is 11.8. The normalized spacial score (nSPS) is 12.8. The molecule has 4 rings (SSSR count). The highest BCUT2D eigenvalue weighted by Gasteiger charge is 2.13. The molecular formula is C20H17NO3. The smallest absolute Gasteiger partial charge is 0.228 e. The largest absolute Gasteiger partial charge is 0.486 e. The zero-order chi connectivity index (χ0) is 16.4. The van der Waals surface area contributed by atoms with Crippen molar-refractivity contribution in [2.24, 2.45) is 0 Å². The zero-order valence-electron chi connectivity index (χ0n) is 13.1. The van der Waals surface area contributed by atoms with Crippen molar-refractivity contribution in [1.82, 2.24) is 0 Å². The molecule has 3 aromatic rings. The van der Waals surface area contributed by atoms with Crippen LogP contribution in [-0.4, -0.2) is 19.1 Å². The van der Waals surface area contributed by atoms with Gasteiger partial charge in [0.15, 0.2) is 11.5 Å². The van der Waals surface area contributed by atoms with Gasteiger partial charge in [0, 0.05) is 11.8 Å². The summed E-state index contributed by atoms with van der Waals surface area (Å²) in [7, 11) is 0. The molecule has 0 atom stereocenters. The summed E-state index contributed by atoms with van der Waals surface area (Å²) < 4.78 is 11.0. The molecule has 3 aromatic carbocycles. The van der Waals surface area contributed by atoms with Crippen molar-refractivity contribution in [2.45, 2.75) is 6.42 Å². The molecule has 0 radical (unpaired) electrons. The summed E-state index contributed by atoms with van der Waals surface area (Å²) in [5, 5.41) is 5.18. The van der Waals surface area contributed by atoms with Crippen LogP contribution in [0.2, 0.25) is 0 Å². The van der Waals surface area contributed by atoms with Crippen LogP contribution < -0.4 is 14.8 Å². The average Bonchev–Trinajstić information content (AvgIpc) is 2.62. The summed E-state index contributed by atoms with van der Waals surface area (Å²) in [6, 6.07) is 19.6. The molecule has 0 spiro atoms. The number of amides is 1. The monoisotopic (exact) mass is 319 g/mol. The fourth-order valence-electron chi connectivity index (χ4n) is 2.95. The lowest BCUT2D eigenvalue weighted by Gasteiger charge is -2.19. The first kappa shape index (κ1) is 14.6. The summed E-state index contributed by atoms with van der Waals surface area (Å²) in [5.74, 6) is 1.33. The molecule has 0 aliphatic carbocycles. The average molecular weight is 319 g/mol. The van der Waals surface area contributed by atoms with E-state index in [1.54, 1.807) is 6.07 Å². The lowest BCUT2D eigenvalue weighted by Crippen LogP contribution is -2.17. The van der Waals surface area contributed by atoms with E-state index in [-0.39, 0.29) is 5.91 Å². The molecule has 1 aliphatic heterocycles. The van der Waals surface area contributed by atoms with Crippen LogP contribution in [0.15, 0.2) is 60.7 Å². The minimum absolute atomic E-state index is 0.0527. The first-order valence-electron chi connectivity index (χ1n) is 7.96. The third-order valence-electron chi connectivity index (χ3n) is 4.06. The van der Waals surface area contributed by atoms with Crippen molar-refractivity contribution >= 4 is 22.4 Å². The van der Waals surface area contributed by atoms with Gasteiger partial charge in [-0.3, -0.25) is 4.79 Å². The van der Waals surface area contributed by atoms with Crippen molar-refractivity contribution < 1.29 is 14.3 Å². The van der Waals surface area contributed by atoms with E-state index in [1.807, 2.05) is 42.5 Å². The summed E-state index contributed by atoms with van der Waals surface area (Å²) in [6.45, 7) is 1.08. The topological polar surface area (TPSA) is 47.6 Å². The summed E-state index contributed by atoms with van der Waals surface area (Å²) in [6.07, 6.45) is 0.329. The predicted molar refractivity (Wildman–Crippen MR) is 93.7 cm³/mol. The highest BCUT2D eigenvalue weighted by atomic mass is 16.6. The van der Waals surface area contributed by atoms with E-state index in [1.165, 1.54) is 0 Å². The van der Waals surface area contributed by atoms with Gasteiger partial charge in [0.25, 0.3) is 0 Å². The Hall–Kier alpha value is -3.01. The van der Waals surface area contributed by atoms with E-state index < -0.39 is 0 Å². The number of rotatable bonds is 3. The molecule has 1 heterocycles. The Bertz CT molecular complexity index is 899. The highest BCUT2D eigenvalue weighted by molar-refractivity contribution is 5.96. The Labute approximate surface area is 140 Å². The van der Waals surface area contributed by atoms with Gasteiger partial charge in [0.1, 0.15) is 13.2 Å². The molecule has 0 aromatic heterocycles. The molecule has 120 valence electrons. The van der Waals surface area contributed by atoms with Crippen LogP contribution in [0.1, 0.15) is 5.56 Å². The van der Waals surface area contributed by atoms with E-state index in [0.717, 1.165) is 16.3 Å². The lowest BCUT2D eigenvalue weighted by atomic mass is 10.0. The quantitative estimate of drug-likeness (QED) is 0.799. The second kappa shape index (κ2) is 6.24. The fraction of sp³-hybridized carbons (Fsp3) is 0.150. The van der Waals surface area contributed by atoms with Gasteiger partial charge in [-0.2, -0.15) is 0 Å². The standard InChI is InChI=1S/C20H17NO3/c22-20(12-15-6-3-5-14-4-1-2-7-17(14)15)21-16-8-9-18-19(13-16)24-11-10-23-18/h1-9,13H,10-12H2,(H,21,22). The maximum atomic E-state index is 12.4. The molecule has 4 nitrogen and oxygen atoms in total. The predicted octanol–water partition coefficient (Wildman–Crippen LogP) is 3.79. The van der Waals surface area contributed by atoms with Crippen LogP contribution in [0.3, 0.4) is 0 Å². The van der Waals surface area contributed by atoms with Crippen molar-refractivity contribution in [3.05, 3.63) is 66.2 Å². The summed E-state index contributed by atoms with van der Waals surface area (Å²) >= 11 is 0. The Morgan fingerprint density at radius 1 is 0.917 bits per heavy atom. The van der Waals surface area contributed by atoms with Crippen LogP contribution in [0.5, 0.6) is 11.5 Å². The van der Waals surface area contributed by atoms with Crippen LogP contribution in [-0.2, 0) is 11.2 Å². The molecule has 0 saturated heterocycles. The third-order valence-corrected chi connectivity index (χ3v) is 4.06. The van der Waals surface area contributed by atoms with Gasteiger partial charge in [-0.1, -0.05) is 42.5 Å². The van der Waals surface area contributed by atoms with E-state index in [9.17, 15) is 4.79 Å². The number of carbonyl (C=O) groups is 1. The van der Waals surface area contributed by atoms with Gasteiger partial charge in [0.05, 0.1) is 6.42 Å². The van der Waals surface area contributed by atoms with E-state index in [4.69, 9.17) is 9.47 Å². The van der Waals surface area contributed by atoms with Gasteiger partial charge < -0.3 is 14.8 Å². The Morgan fingerprint density at radius 2 is 1.71 bits per heavy atom. The number of hydrogen-bond acceptors (Lipinski definition) is 3. The Morgan fingerprint density at radius 3 is 2.62 bits per heavy atom. The van der Waals surface area contributed by atoms with Crippen LogP contribution >= 0.6 is 0 Å². The number of benzene rings is 3. The van der Waals surface area contributed by atoms with E-state index in [2.05, 4.69) is 17.4 Å². The maximum absolute atomic E-state index is 12.4. The third kappa shape index (κ3) is 2.91. The molecule has 24 heavy (non-hydrogen) atoms. The maximum Gasteiger partial charge on any atom is 0.228 e. The van der Waals surface area contributed by atoms with Gasteiger partial charge in [-0.05, 0) is 28.5 Å². The van der Waals surface area contributed by atoms with Crippen molar-refractivity contribution in [3.8, 4) is 11.5 Å². The Kier molecular flexibility index (Phi) is 3.79. The number of fused-ring (bicyclic) bond motifs is 2. The molecule has 0 saturated carbocycles. The zero-order valence-corrected chi connectivity index (χ0v) is 13.1. The molecule has 0 fully saturated rings. The highest BCUT2D eigenvalue weighted by Crippen LogP contribution is 2.32. The number of ether oxygens (including phenoxy) is 2. The van der Waals surface area contributed by atoms with Crippen molar-refractivity contribution in [3.63, 3.8) is 0 Å². The number of carbonyl (C=O) groups excluding carboxylic acids is 1. The van der Waals surface area contributed by atoms with Gasteiger partial charge >= 0.3 is 0 Å². The first-order valence-corrected chi connectivity index (χ1v) is 7.96. The van der Waals surface area contributed by atoms with E-state index in [0.29, 0.717) is 36.8 Å². The second-order valence-corrected chi connectivity index (χ2v) is 5.72. The molecular weight excluding hydrogens is 302 g/mol. The molecule has 0 bridgehead atoms. The second-order valence-electron chi connectivity index (χ2n) is 5.72. The van der Waals surface area contributed by atoms with Gasteiger partial charge in [-0.15, -0.1) is 0 Å². The number of anilines is 1. The fourth-order valence-corrected chi connectivity index (χ4v) is 2.95. The SMILES string of the molecule is O=C(Cc1cccc2ccccc12)Nc1ccc2c(c1)OCCO2. The lowest BCUT2D eigenvalue weighted by molar-refractivity contribution is -0.115. The summed E-state index contributed by atoms with van der Waals surface area (Å²) in [5.41, 5.74) is 1.73. The van der Waals surface area contributed by atoms with Gasteiger partial charge in [-0.25, -0.2) is 0 Å². The molecule has 1 amide bonds. The minimum atomic E-state index is -0.0527.